The summed E-state index contributed by atoms with van der Waals surface area (Å²) in [5, 5.41) is 6.14. The van der Waals surface area contributed by atoms with Gasteiger partial charge in [-0.1, -0.05) is 6.92 Å². The fourth-order valence-electron chi connectivity index (χ4n) is 1.61. The second-order valence-corrected chi connectivity index (χ2v) is 4.40. The smallest absolute Gasteiger partial charge is 0.251 e. The summed E-state index contributed by atoms with van der Waals surface area (Å²) in [6, 6.07) is 7.62. The van der Waals surface area contributed by atoms with Crippen LogP contribution >= 0.6 is 0 Å². The summed E-state index contributed by atoms with van der Waals surface area (Å²) in [4.78, 5) is 13.8. The minimum atomic E-state index is -0.00296. The van der Waals surface area contributed by atoms with Crippen LogP contribution in [0.25, 0.3) is 0 Å². The Morgan fingerprint density at radius 1 is 1.17 bits per heavy atom. The van der Waals surface area contributed by atoms with Gasteiger partial charge in [-0.15, -0.1) is 0 Å². The lowest BCUT2D eigenvalue weighted by Gasteiger charge is -2.12. The molecular weight excluding hydrogens is 226 g/mol. The van der Waals surface area contributed by atoms with Crippen LogP contribution in [0.1, 0.15) is 23.7 Å². The van der Waals surface area contributed by atoms with Gasteiger partial charge >= 0.3 is 0 Å². The molecule has 100 valence electrons. The van der Waals surface area contributed by atoms with E-state index in [0.29, 0.717) is 12.1 Å². The zero-order chi connectivity index (χ0) is 13.4. The number of carbonyl (C=O) groups is 1. The van der Waals surface area contributed by atoms with Gasteiger partial charge in [0, 0.05) is 31.9 Å². The Morgan fingerprint density at radius 3 is 2.39 bits per heavy atom. The van der Waals surface area contributed by atoms with Crippen LogP contribution in [-0.2, 0) is 0 Å². The summed E-state index contributed by atoms with van der Waals surface area (Å²) in [5.41, 5.74) is 1.81. The molecule has 1 aromatic carbocycles. The highest BCUT2D eigenvalue weighted by molar-refractivity contribution is 5.94. The number of nitrogens with zero attached hydrogens (tertiary/aromatic N) is 1. The predicted octanol–water partition coefficient (Wildman–Crippen LogP) is 1.48. The predicted molar refractivity (Wildman–Crippen MR) is 76.3 cm³/mol. The van der Waals surface area contributed by atoms with Crippen LogP contribution in [0, 0.1) is 0 Å². The van der Waals surface area contributed by atoms with E-state index in [1.54, 1.807) is 0 Å². The van der Waals surface area contributed by atoms with Gasteiger partial charge in [0.1, 0.15) is 0 Å². The maximum Gasteiger partial charge on any atom is 0.251 e. The van der Waals surface area contributed by atoms with E-state index in [2.05, 4.69) is 17.6 Å². The summed E-state index contributed by atoms with van der Waals surface area (Å²) < 4.78 is 0. The van der Waals surface area contributed by atoms with E-state index in [1.165, 1.54) is 0 Å². The van der Waals surface area contributed by atoms with Crippen molar-refractivity contribution in [2.45, 2.75) is 13.3 Å². The van der Waals surface area contributed by atoms with Gasteiger partial charge in [-0.2, -0.15) is 0 Å². The van der Waals surface area contributed by atoms with E-state index in [0.717, 1.165) is 25.2 Å². The van der Waals surface area contributed by atoms with Crippen molar-refractivity contribution in [3.05, 3.63) is 29.8 Å². The Labute approximate surface area is 109 Å². The van der Waals surface area contributed by atoms with Crippen LogP contribution in [0.3, 0.4) is 0 Å². The molecule has 0 spiro atoms. The fourth-order valence-corrected chi connectivity index (χ4v) is 1.61. The highest BCUT2D eigenvalue weighted by atomic mass is 16.1. The van der Waals surface area contributed by atoms with Crippen molar-refractivity contribution in [1.29, 1.82) is 0 Å². The van der Waals surface area contributed by atoms with Gasteiger partial charge in [0.15, 0.2) is 0 Å². The molecule has 1 rings (SSSR count). The molecule has 0 saturated heterocycles. The molecule has 0 heterocycles. The quantitative estimate of drug-likeness (QED) is 0.720. The normalized spacial score (nSPS) is 10.2. The maximum absolute atomic E-state index is 11.8. The molecule has 2 N–H and O–H groups in total. The molecule has 0 saturated carbocycles. The van der Waals surface area contributed by atoms with Gasteiger partial charge in [0.25, 0.3) is 5.91 Å². The Kier molecular flexibility index (Phi) is 6.22. The molecule has 1 aromatic rings. The lowest BCUT2D eigenvalue weighted by Crippen LogP contribution is -2.27. The van der Waals surface area contributed by atoms with E-state index in [-0.39, 0.29) is 5.91 Å². The van der Waals surface area contributed by atoms with Crippen molar-refractivity contribution in [2.75, 3.05) is 38.6 Å². The summed E-state index contributed by atoms with van der Waals surface area (Å²) in [7, 11) is 3.96. The van der Waals surface area contributed by atoms with Gasteiger partial charge in [-0.25, -0.2) is 0 Å². The Morgan fingerprint density at radius 2 is 1.83 bits per heavy atom. The number of nitrogens with one attached hydrogen (secondary N) is 2. The first-order valence-corrected chi connectivity index (χ1v) is 6.41. The lowest BCUT2D eigenvalue weighted by atomic mass is 10.2. The highest BCUT2D eigenvalue weighted by Gasteiger charge is 2.04. The topological polar surface area (TPSA) is 44.4 Å². The molecule has 0 unspecified atom stereocenters. The van der Waals surface area contributed by atoms with Gasteiger partial charge in [0.2, 0.25) is 0 Å². The van der Waals surface area contributed by atoms with Crippen LogP contribution in [0.2, 0.25) is 0 Å². The van der Waals surface area contributed by atoms with Gasteiger partial charge in [-0.05, 0) is 43.8 Å². The van der Waals surface area contributed by atoms with Crippen molar-refractivity contribution in [3.8, 4) is 0 Å². The summed E-state index contributed by atoms with van der Waals surface area (Å²) in [5.74, 6) is -0.00296. The van der Waals surface area contributed by atoms with Crippen molar-refractivity contribution in [2.24, 2.45) is 0 Å². The van der Waals surface area contributed by atoms with E-state index in [4.69, 9.17) is 0 Å². The van der Waals surface area contributed by atoms with Crippen molar-refractivity contribution >= 4 is 11.6 Å². The first-order valence-electron chi connectivity index (χ1n) is 6.41. The number of amides is 1. The molecule has 0 aliphatic carbocycles. The molecule has 4 heteroatoms. The number of benzene rings is 1. The Hall–Kier alpha value is -1.55. The van der Waals surface area contributed by atoms with E-state index in [1.807, 2.05) is 43.3 Å². The molecule has 0 radical (unpaired) electrons. The third-order valence-electron chi connectivity index (χ3n) is 2.71. The minimum absolute atomic E-state index is 0.00296. The van der Waals surface area contributed by atoms with Crippen LogP contribution in [0.5, 0.6) is 0 Å². The molecule has 0 atom stereocenters. The van der Waals surface area contributed by atoms with Crippen LogP contribution < -0.4 is 15.5 Å². The van der Waals surface area contributed by atoms with Crippen LogP contribution in [0.15, 0.2) is 24.3 Å². The Bertz CT molecular complexity index is 360. The lowest BCUT2D eigenvalue weighted by molar-refractivity contribution is 0.0953. The minimum Gasteiger partial charge on any atom is -0.378 e. The van der Waals surface area contributed by atoms with Crippen LogP contribution in [0.4, 0.5) is 5.69 Å². The first-order chi connectivity index (χ1) is 8.65. The molecule has 4 nitrogen and oxygen atoms in total. The van der Waals surface area contributed by atoms with Gasteiger partial charge in [0.05, 0.1) is 0 Å². The van der Waals surface area contributed by atoms with E-state index >= 15 is 0 Å². The number of rotatable bonds is 7. The zero-order valence-corrected chi connectivity index (χ0v) is 11.5. The highest BCUT2D eigenvalue weighted by Crippen LogP contribution is 2.11. The third-order valence-corrected chi connectivity index (χ3v) is 2.71. The fraction of sp³-hybridized carbons (Fsp3) is 0.500. The first kappa shape index (κ1) is 14.5. The standard InChI is InChI=1S/C14H23N3O/c1-4-15-10-5-11-16-14(18)12-6-8-13(9-7-12)17(2)3/h6-9,15H,4-5,10-11H2,1-3H3,(H,16,18). The zero-order valence-electron chi connectivity index (χ0n) is 11.5. The largest absolute Gasteiger partial charge is 0.378 e. The monoisotopic (exact) mass is 249 g/mol. The van der Waals surface area contributed by atoms with Gasteiger partial charge in [-0.3, -0.25) is 4.79 Å². The summed E-state index contributed by atoms with van der Waals surface area (Å²) in [6.45, 7) is 4.70. The number of hydrogen-bond donors (Lipinski definition) is 2. The van der Waals surface area contributed by atoms with Crippen molar-refractivity contribution < 1.29 is 4.79 Å². The van der Waals surface area contributed by atoms with E-state index in [9.17, 15) is 4.79 Å². The van der Waals surface area contributed by atoms with Crippen LogP contribution in [-0.4, -0.2) is 39.6 Å². The second-order valence-electron chi connectivity index (χ2n) is 4.40. The molecule has 0 aliphatic heterocycles. The number of hydrogen-bond acceptors (Lipinski definition) is 3. The Balaban J connectivity index is 2.37. The molecule has 18 heavy (non-hydrogen) atoms. The third kappa shape index (κ3) is 4.75. The average molecular weight is 249 g/mol. The molecule has 0 bridgehead atoms. The van der Waals surface area contributed by atoms with Gasteiger partial charge < -0.3 is 15.5 Å². The molecule has 0 fully saturated rings. The molecule has 0 aliphatic rings. The molecule has 1 amide bonds. The summed E-state index contributed by atoms with van der Waals surface area (Å²) >= 11 is 0. The second kappa shape index (κ2) is 7.71. The van der Waals surface area contributed by atoms with E-state index < -0.39 is 0 Å². The van der Waals surface area contributed by atoms with Crippen molar-refractivity contribution in [1.82, 2.24) is 10.6 Å². The molecule has 0 aromatic heterocycles. The maximum atomic E-state index is 11.8. The number of carbonyl (C=O) groups excluding carboxylic acids is 1. The average Bonchev–Trinajstić information content (AvgIpc) is 2.38. The molecular formula is C14H23N3O. The number of anilines is 1. The van der Waals surface area contributed by atoms with Crippen molar-refractivity contribution in [3.63, 3.8) is 0 Å². The SMILES string of the molecule is CCNCCCNC(=O)c1ccc(N(C)C)cc1. The summed E-state index contributed by atoms with van der Waals surface area (Å²) in [6.07, 6.45) is 0.954.